The van der Waals surface area contributed by atoms with E-state index in [0.717, 1.165) is 40.6 Å². The van der Waals surface area contributed by atoms with Crippen LogP contribution in [0.2, 0.25) is 0 Å². The molecule has 0 aromatic heterocycles. The third kappa shape index (κ3) is 5.13. The van der Waals surface area contributed by atoms with Gasteiger partial charge in [0, 0.05) is 11.0 Å². The number of aryl methyl sites for hydroxylation is 1. The number of nitrogens with zero attached hydrogens (tertiary/aromatic N) is 2. The van der Waals surface area contributed by atoms with Gasteiger partial charge < -0.3 is 0 Å². The van der Waals surface area contributed by atoms with E-state index in [2.05, 4.69) is 22.0 Å². The van der Waals surface area contributed by atoms with E-state index in [0.29, 0.717) is 12.1 Å². The van der Waals surface area contributed by atoms with Crippen molar-refractivity contribution in [1.29, 1.82) is 0 Å². The van der Waals surface area contributed by atoms with Crippen molar-refractivity contribution < 1.29 is 18.0 Å². The molecular formula is C25H27BrN2O4S. The molecule has 0 spiro atoms. The van der Waals surface area contributed by atoms with Crippen molar-refractivity contribution in [3.8, 4) is 0 Å². The summed E-state index contributed by atoms with van der Waals surface area (Å²) in [5.41, 5.74) is 2.60. The van der Waals surface area contributed by atoms with E-state index in [4.69, 9.17) is 0 Å². The summed E-state index contributed by atoms with van der Waals surface area (Å²) in [6, 6.07) is 12.4. The van der Waals surface area contributed by atoms with Gasteiger partial charge in [-0.25, -0.2) is 13.3 Å². The molecule has 0 radical (unpaired) electrons. The van der Waals surface area contributed by atoms with Crippen molar-refractivity contribution in [2.45, 2.75) is 56.4 Å². The molecule has 174 valence electrons. The first kappa shape index (κ1) is 23.9. The van der Waals surface area contributed by atoms with E-state index in [9.17, 15) is 18.0 Å². The molecule has 2 amide bonds. The number of halogens is 1. The Kier molecular flexibility index (Phi) is 7.16. The van der Waals surface area contributed by atoms with Crippen molar-refractivity contribution >= 4 is 43.5 Å². The second-order valence-electron chi connectivity index (χ2n) is 8.55. The van der Waals surface area contributed by atoms with Crippen LogP contribution in [0.4, 0.5) is 5.69 Å². The zero-order valence-electron chi connectivity index (χ0n) is 18.5. The number of amides is 2. The SMILES string of the molecule is Cc1ccc(S(=O)(=O)N(CCC2=CCCCC2)C2CC(=O)N(c3ccc(Br)cc3)C2=O)cc1. The quantitative estimate of drug-likeness (QED) is 0.374. The molecule has 2 aromatic carbocycles. The van der Waals surface area contributed by atoms with Crippen LogP contribution in [-0.4, -0.2) is 37.1 Å². The minimum absolute atomic E-state index is 0.132. The Balaban J connectivity index is 1.67. The maximum absolute atomic E-state index is 13.7. The standard InChI is InChI=1S/C25H27BrN2O4S/c1-18-7-13-22(14-8-18)33(31,32)27(16-15-19-5-3-2-4-6-19)23-17-24(29)28(25(23)30)21-11-9-20(26)10-12-21/h5,7-14,23H,2-4,6,15-17H2,1H3. The summed E-state index contributed by atoms with van der Waals surface area (Å²) < 4.78 is 29.4. The summed E-state index contributed by atoms with van der Waals surface area (Å²) in [7, 11) is -3.97. The Labute approximate surface area is 203 Å². The number of benzene rings is 2. The van der Waals surface area contributed by atoms with Gasteiger partial charge in [-0.1, -0.05) is 45.3 Å². The van der Waals surface area contributed by atoms with Gasteiger partial charge in [-0.3, -0.25) is 9.59 Å². The molecule has 2 aromatic rings. The summed E-state index contributed by atoms with van der Waals surface area (Å²) in [4.78, 5) is 27.5. The molecule has 1 fully saturated rings. The number of imide groups is 1. The molecule has 1 saturated heterocycles. The van der Waals surface area contributed by atoms with E-state index in [1.54, 1.807) is 48.5 Å². The second-order valence-corrected chi connectivity index (χ2v) is 11.4. The highest BCUT2D eigenvalue weighted by Gasteiger charge is 2.46. The highest BCUT2D eigenvalue weighted by atomic mass is 79.9. The van der Waals surface area contributed by atoms with Gasteiger partial charge in [0.15, 0.2) is 0 Å². The van der Waals surface area contributed by atoms with E-state index in [-0.39, 0.29) is 17.9 Å². The summed E-state index contributed by atoms with van der Waals surface area (Å²) in [5.74, 6) is -0.899. The lowest BCUT2D eigenvalue weighted by Gasteiger charge is -2.28. The van der Waals surface area contributed by atoms with Gasteiger partial charge in [-0.05, 0) is 75.4 Å². The first-order chi connectivity index (χ1) is 15.8. The predicted octanol–water partition coefficient (Wildman–Crippen LogP) is 4.97. The zero-order chi connectivity index (χ0) is 23.6. The van der Waals surface area contributed by atoms with Gasteiger partial charge in [-0.2, -0.15) is 4.31 Å². The smallest absolute Gasteiger partial charge is 0.252 e. The van der Waals surface area contributed by atoms with Gasteiger partial charge in [0.05, 0.1) is 17.0 Å². The van der Waals surface area contributed by atoms with Crippen molar-refractivity contribution in [3.05, 3.63) is 70.2 Å². The fourth-order valence-corrected chi connectivity index (χ4v) is 6.22. The highest BCUT2D eigenvalue weighted by Crippen LogP contribution is 2.31. The van der Waals surface area contributed by atoms with Crippen molar-refractivity contribution in [2.75, 3.05) is 11.4 Å². The molecule has 4 rings (SSSR count). The highest BCUT2D eigenvalue weighted by molar-refractivity contribution is 9.10. The minimum atomic E-state index is -3.97. The van der Waals surface area contributed by atoms with Gasteiger partial charge in [0.25, 0.3) is 5.91 Å². The summed E-state index contributed by atoms with van der Waals surface area (Å²) in [6.45, 7) is 2.05. The van der Waals surface area contributed by atoms with Crippen LogP contribution in [0.1, 0.15) is 44.1 Å². The first-order valence-electron chi connectivity index (χ1n) is 11.2. The number of rotatable bonds is 7. The molecule has 1 aliphatic carbocycles. The molecule has 33 heavy (non-hydrogen) atoms. The summed E-state index contributed by atoms with van der Waals surface area (Å²) in [5, 5.41) is 0. The maximum Gasteiger partial charge on any atom is 0.252 e. The molecular weight excluding hydrogens is 504 g/mol. The molecule has 0 N–H and O–H groups in total. The molecule has 0 bridgehead atoms. The number of carbonyl (C=O) groups is 2. The number of anilines is 1. The third-order valence-corrected chi connectivity index (χ3v) is 8.67. The van der Waals surface area contributed by atoms with Crippen LogP contribution < -0.4 is 4.90 Å². The normalized spacial score (nSPS) is 19.3. The van der Waals surface area contributed by atoms with Crippen LogP contribution in [0.5, 0.6) is 0 Å². The van der Waals surface area contributed by atoms with Crippen LogP contribution in [0, 0.1) is 6.92 Å². The first-order valence-corrected chi connectivity index (χ1v) is 13.4. The zero-order valence-corrected chi connectivity index (χ0v) is 20.9. The van der Waals surface area contributed by atoms with Crippen molar-refractivity contribution in [3.63, 3.8) is 0 Å². The Bertz CT molecular complexity index is 1170. The summed E-state index contributed by atoms with van der Waals surface area (Å²) >= 11 is 3.35. The number of carbonyl (C=O) groups excluding carboxylic acids is 2. The van der Waals surface area contributed by atoms with Crippen molar-refractivity contribution in [2.24, 2.45) is 0 Å². The van der Waals surface area contributed by atoms with Crippen molar-refractivity contribution in [1.82, 2.24) is 4.31 Å². The average Bonchev–Trinajstić information content (AvgIpc) is 3.09. The monoisotopic (exact) mass is 530 g/mol. The van der Waals surface area contributed by atoms with Crippen LogP contribution in [0.15, 0.2) is 69.5 Å². The molecule has 1 heterocycles. The van der Waals surface area contributed by atoms with Gasteiger partial charge in [0.2, 0.25) is 15.9 Å². The van der Waals surface area contributed by atoms with Gasteiger partial charge in [-0.15, -0.1) is 0 Å². The fourth-order valence-electron chi connectivity index (χ4n) is 4.38. The fraction of sp³-hybridized carbons (Fsp3) is 0.360. The largest absolute Gasteiger partial charge is 0.274 e. The second kappa shape index (κ2) is 9.91. The summed E-state index contributed by atoms with van der Waals surface area (Å²) in [6.07, 6.45) is 6.75. The lowest BCUT2D eigenvalue weighted by Crippen LogP contribution is -2.46. The van der Waals surface area contributed by atoms with Gasteiger partial charge >= 0.3 is 0 Å². The Morgan fingerprint density at radius 3 is 2.36 bits per heavy atom. The predicted molar refractivity (Wildman–Crippen MR) is 131 cm³/mol. The molecule has 1 aliphatic heterocycles. The molecule has 2 aliphatic rings. The number of allylic oxidation sites excluding steroid dienone is 1. The van der Waals surface area contributed by atoms with Gasteiger partial charge in [0.1, 0.15) is 6.04 Å². The Morgan fingerprint density at radius 1 is 1.03 bits per heavy atom. The van der Waals surface area contributed by atoms with E-state index in [1.807, 2.05) is 6.92 Å². The molecule has 8 heteroatoms. The lowest BCUT2D eigenvalue weighted by molar-refractivity contribution is -0.122. The number of sulfonamides is 1. The van der Waals surface area contributed by atoms with Crippen LogP contribution in [-0.2, 0) is 19.6 Å². The van der Waals surface area contributed by atoms with E-state index < -0.39 is 27.9 Å². The molecule has 1 unspecified atom stereocenters. The van der Waals surface area contributed by atoms with Crippen LogP contribution in [0.25, 0.3) is 0 Å². The average molecular weight is 531 g/mol. The number of hydrogen-bond donors (Lipinski definition) is 0. The van der Waals surface area contributed by atoms with E-state index in [1.165, 1.54) is 9.88 Å². The third-order valence-electron chi connectivity index (χ3n) is 6.22. The Morgan fingerprint density at radius 2 is 1.73 bits per heavy atom. The van der Waals surface area contributed by atoms with Crippen LogP contribution >= 0.6 is 15.9 Å². The molecule has 1 atom stereocenters. The maximum atomic E-state index is 13.7. The Hall–Kier alpha value is -2.29. The topological polar surface area (TPSA) is 74.8 Å². The minimum Gasteiger partial charge on any atom is -0.274 e. The van der Waals surface area contributed by atoms with Crippen LogP contribution in [0.3, 0.4) is 0 Å². The van der Waals surface area contributed by atoms with E-state index >= 15 is 0 Å². The molecule has 0 saturated carbocycles. The molecule has 6 nitrogen and oxygen atoms in total. The lowest BCUT2D eigenvalue weighted by atomic mass is 9.97. The number of hydrogen-bond acceptors (Lipinski definition) is 4.